The van der Waals surface area contributed by atoms with Crippen molar-refractivity contribution in [3.63, 3.8) is 0 Å². The van der Waals surface area contributed by atoms with Crippen molar-refractivity contribution in [2.24, 2.45) is 0 Å². The first-order valence-corrected chi connectivity index (χ1v) is 6.57. The highest BCUT2D eigenvalue weighted by Crippen LogP contribution is 2.27. The molecule has 19 heavy (non-hydrogen) atoms. The van der Waals surface area contributed by atoms with Crippen LogP contribution in [-0.4, -0.2) is 24.5 Å². The zero-order chi connectivity index (χ0) is 13.8. The van der Waals surface area contributed by atoms with Crippen LogP contribution in [0.15, 0.2) is 18.2 Å². The molecule has 0 aliphatic heterocycles. The fourth-order valence-corrected chi connectivity index (χ4v) is 2.36. The molecule has 0 aliphatic rings. The molecule has 0 atom stereocenters. The molecular formula is C15H20N2O2. The van der Waals surface area contributed by atoms with Crippen LogP contribution < -0.4 is 10.1 Å². The topological polar surface area (TPSA) is 54.1 Å². The molecule has 1 aromatic carbocycles. The number of aromatic nitrogens is 1. The van der Waals surface area contributed by atoms with Crippen molar-refractivity contribution in [3.05, 3.63) is 29.5 Å². The van der Waals surface area contributed by atoms with E-state index in [2.05, 4.69) is 17.2 Å². The number of rotatable bonds is 5. The van der Waals surface area contributed by atoms with Gasteiger partial charge in [0.2, 0.25) is 5.91 Å². The van der Waals surface area contributed by atoms with Gasteiger partial charge in [0.05, 0.1) is 7.11 Å². The fourth-order valence-electron chi connectivity index (χ4n) is 2.36. The van der Waals surface area contributed by atoms with Gasteiger partial charge in [-0.05, 0) is 36.6 Å². The number of methoxy groups -OCH3 is 1. The van der Waals surface area contributed by atoms with E-state index in [-0.39, 0.29) is 5.91 Å². The third-order valence-corrected chi connectivity index (χ3v) is 3.30. The number of hydrogen-bond donors (Lipinski definition) is 2. The summed E-state index contributed by atoms with van der Waals surface area (Å²) < 4.78 is 5.28. The molecule has 0 spiro atoms. The lowest BCUT2D eigenvalue weighted by atomic mass is 10.1. The van der Waals surface area contributed by atoms with E-state index in [1.54, 1.807) is 14.0 Å². The van der Waals surface area contributed by atoms with Gasteiger partial charge in [-0.2, -0.15) is 0 Å². The standard InChI is InChI=1S/C15H20N2O2/c1-4-14-12(7-8-16-10(2)18)13-9-11(19-3)5-6-15(13)17-14/h5-6,9,17H,4,7-8H2,1-3H3,(H,16,18). The summed E-state index contributed by atoms with van der Waals surface area (Å²) in [5.74, 6) is 0.866. The minimum absolute atomic E-state index is 0.00969. The van der Waals surface area contributed by atoms with Crippen LogP contribution in [-0.2, 0) is 17.6 Å². The lowest BCUT2D eigenvalue weighted by Crippen LogP contribution is -2.22. The number of aryl methyl sites for hydroxylation is 1. The molecule has 102 valence electrons. The smallest absolute Gasteiger partial charge is 0.216 e. The zero-order valence-electron chi connectivity index (χ0n) is 11.7. The minimum atomic E-state index is 0.00969. The molecular weight excluding hydrogens is 240 g/mol. The van der Waals surface area contributed by atoms with Gasteiger partial charge < -0.3 is 15.0 Å². The molecule has 0 saturated carbocycles. The van der Waals surface area contributed by atoms with Gasteiger partial charge in [-0.3, -0.25) is 4.79 Å². The number of ether oxygens (including phenoxy) is 1. The average molecular weight is 260 g/mol. The van der Waals surface area contributed by atoms with Crippen molar-refractivity contribution >= 4 is 16.8 Å². The van der Waals surface area contributed by atoms with Crippen LogP contribution in [0.3, 0.4) is 0 Å². The number of nitrogens with one attached hydrogen (secondary N) is 2. The Bertz CT molecular complexity index is 587. The van der Waals surface area contributed by atoms with Gasteiger partial charge in [0.15, 0.2) is 0 Å². The van der Waals surface area contributed by atoms with Crippen molar-refractivity contribution in [3.8, 4) is 5.75 Å². The van der Waals surface area contributed by atoms with E-state index in [0.29, 0.717) is 6.54 Å². The highest BCUT2D eigenvalue weighted by Gasteiger charge is 2.11. The Kier molecular flexibility index (Phi) is 4.10. The fraction of sp³-hybridized carbons (Fsp3) is 0.400. The van der Waals surface area contributed by atoms with E-state index in [9.17, 15) is 4.79 Å². The SMILES string of the molecule is CCc1[nH]c2ccc(OC)cc2c1CCNC(C)=O. The molecule has 0 radical (unpaired) electrons. The summed E-state index contributed by atoms with van der Waals surface area (Å²) in [4.78, 5) is 14.4. The van der Waals surface area contributed by atoms with Gasteiger partial charge in [0.1, 0.15) is 5.75 Å². The van der Waals surface area contributed by atoms with Crippen molar-refractivity contribution in [1.82, 2.24) is 10.3 Å². The Balaban J connectivity index is 2.34. The number of hydrogen-bond acceptors (Lipinski definition) is 2. The molecule has 1 heterocycles. The van der Waals surface area contributed by atoms with Crippen LogP contribution in [0, 0.1) is 0 Å². The van der Waals surface area contributed by atoms with E-state index in [1.165, 1.54) is 16.6 Å². The Morgan fingerprint density at radius 1 is 1.42 bits per heavy atom. The summed E-state index contributed by atoms with van der Waals surface area (Å²) in [5.41, 5.74) is 3.62. The Labute approximate surface area is 113 Å². The summed E-state index contributed by atoms with van der Waals surface area (Å²) in [6.07, 6.45) is 1.78. The maximum absolute atomic E-state index is 11.0. The molecule has 2 aromatic rings. The predicted octanol–water partition coefficient (Wildman–Crippen LogP) is 2.42. The number of fused-ring (bicyclic) bond motifs is 1. The molecule has 4 heteroatoms. The molecule has 0 bridgehead atoms. The first-order valence-electron chi connectivity index (χ1n) is 6.57. The lowest BCUT2D eigenvalue weighted by Gasteiger charge is -2.05. The quantitative estimate of drug-likeness (QED) is 0.867. The van der Waals surface area contributed by atoms with Crippen molar-refractivity contribution in [1.29, 1.82) is 0 Å². The normalized spacial score (nSPS) is 10.7. The van der Waals surface area contributed by atoms with Crippen LogP contribution >= 0.6 is 0 Å². The van der Waals surface area contributed by atoms with Crippen molar-refractivity contribution in [2.75, 3.05) is 13.7 Å². The number of carbonyl (C=O) groups excluding carboxylic acids is 1. The molecule has 0 fully saturated rings. The van der Waals surface area contributed by atoms with Crippen LogP contribution in [0.5, 0.6) is 5.75 Å². The first-order chi connectivity index (χ1) is 9.15. The summed E-state index contributed by atoms with van der Waals surface area (Å²) in [5, 5.41) is 4.03. The average Bonchev–Trinajstić information content (AvgIpc) is 2.75. The van der Waals surface area contributed by atoms with E-state index >= 15 is 0 Å². The number of benzene rings is 1. The number of H-pyrrole nitrogens is 1. The van der Waals surface area contributed by atoms with E-state index in [0.717, 1.165) is 24.1 Å². The van der Waals surface area contributed by atoms with Crippen LogP contribution in [0.1, 0.15) is 25.1 Å². The minimum Gasteiger partial charge on any atom is -0.497 e. The summed E-state index contributed by atoms with van der Waals surface area (Å²) in [7, 11) is 1.67. The second-order valence-electron chi connectivity index (χ2n) is 4.58. The van der Waals surface area contributed by atoms with Crippen molar-refractivity contribution in [2.45, 2.75) is 26.7 Å². The summed E-state index contributed by atoms with van der Waals surface area (Å²) in [6.45, 7) is 4.33. The van der Waals surface area contributed by atoms with Gasteiger partial charge in [-0.15, -0.1) is 0 Å². The van der Waals surface area contributed by atoms with E-state index in [4.69, 9.17) is 4.74 Å². The lowest BCUT2D eigenvalue weighted by molar-refractivity contribution is -0.118. The zero-order valence-corrected chi connectivity index (χ0v) is 11.7. The van der Waals surface area contributed by atoms with Crippen LogP contribution in [0.4, 0.5) is 0 Å². The predicted molar refractivity (Wildman–Crippen MR) is 76.6 cm³/mol. The number of aromatic amines is 1. The molecule has 0 saturated heterocycles. The Morgan fingerprint density at radius 2 is 2.21 bits per heavy atom. The first kappa shape index (κ1) is 13.5. The Hall–Kier alpha value is -1.97. The van der Waals surface area contributed by atoms with Gasteiger partial charge in [-0.25, -0.2) is 0 Å². The molecule has 0 aliphatic carbocycles. The van der Waals surface area contributed by atoms with Gasteiger partial charge >= 0.3 is 0 Å². The second-order valence-corrected chi connectivity index (χ2v) is 4.58. The van der Waals surface area contributed by atoms with Crippen LogP contribution in [0.25, 0.3) is 10.9 Å². The summed E-state index contributed by atoms with van der Waals surface area (Å²) >= 11 is 0. The summed E-state index contributed by atoms with van der Waals surface area (Å²) in [6, 6.07) is 6.04. The number of carbonyl (C=O) groups is 1. The van der Waals surface area contributed by atoms with Gasteiger partial charge in [0, 0.05) is 30.1 Å². The second kappa shape index (κ2) is 5.78. The van der Waals surface area contributed by atoms with Gasteiger partial charge in [0.25, 0.3) is 0 Å². The third kappa shape index (κ3) is 2.89. The molecule has 1 aromatic heterocycles. The maximum Gasteiger partial charge on any atom is 0.216 e. The van der Waals surface area contributed by atoms with Gasteiger partial charge in [-0.1, -0.05) is 6.92 Å². The van der Waals surface area contributed by atoms with E-state index < -0.39 is 0 Å². The largest absolute Gasteiger partial charge is 0.497 e. The number of amides is 1. The van der Waals surface area contributed by atoms with E-state index in [1.807, 2.05) is 18.2 Å². The molecule has 2 rings (SSSR count). The molecule has 2 N–H and O–H groups in total. The molecule has 0 unspecified atom stereocenters. The van der Waals surface area contributed by atoms with Crippen molar-refractivity contribution < 1.29 is 9.53 Å². The van der Waals surface area contributed by atoms with Crippen LogP contribution in [0.2, 0.25) is 0 Å². The molecule has 1 amide bonds. The monoisotopic (exact) mass is 260 g/mol. The third-order valence-electron chi connectivity index (χ3n) is 3.30. The Morgan fingerprint density at radius 3 is 2.84 bits per heavy atom. The highest BCUT2D eigenvalue weighted by atomic mass is 16.5. The highest BCUT2D eigenvalue weighted by molar-refractivity contribution is 5.86. The maximum atomic E-state index is 11.0. The molecule has 4 nitrogen and oxygen atoms in total.